The second-order valence-corrected chi connectivity index (χ2v) is 13.0. The van der Waals surface area contributed by atoms with Crippen molar-refractivity contribution < 1.29 is 24.1 Å². The van der Waals surface area contributed by atoms with E-state index in [2.05, 4.69) is 34.1 Å². The molecule has 11 heteroatoms. The van der Waals surface area contributed by atoms with Crippen molar-refractivity contribution in [2.24, 2.45) is 5.92 Å². The first-order valence-electron chi connectivity index (χ1n) is 16.0. The SMILES string of the molecule is COc1ccc(Cn2c(CO)nc3c(CN(CC4CCN(Cc5ccccc5)CC4)C(=O)OC(C)(C)C)nccc3c2=O)c(OC)c1. The number of nitrogens with zero attached hydrogens (tertiary/aromatic N) is 5. The third-order valence-electron chi connectivity index (χ3n) is 8.42. The number of ether oxygens (including phenoxy) is 3. The van der Waals surface area contributed by atoms with Crippen molar-refractivity contribution in [2.45, 2.75) is 65.5 Å². The normalized spacial score (nSPS) is 14.3. The predicted molar refractivity (Wildman–Crippen MR) is 179 cm³/mol. The number of aliphatic hydroxyl groups excluding tert-OH is 1. The van der Waals surface area contributed by atoms with Crippen molar-refractivity contribution >= 4 is 17.0 Å². The average Bonchev–Trinajstić information content (AvgIpc) is 3.06. The van der Waals surface area contributed by atoms with Gasteiger partial charge in [-0.2, -0.15) is 0 Å². The molecule has 4 aromatic rings. The number of aliphatic hydroxyl groups is 1. The molecule has 0 atom stereocenters. The molecule has 2 aromatic carbocycles. The van der Waals surface area contributed by atoms with Crippen molar-refractivity contribution in [3.8, 4) is 11.5 Å². The molecule has 3 heterocycles. The summed E-state index contributed by atoms with van der Waals surface area (Å²) in [5.41, 5.74) is 1.84. The summed E-state index contributed by atoms with van der Waals surface area (Å²) in [4.78, 5) is 40.9. The molecule has 0 saturated carbocycles. The summed E-state index contributed by atoms with van der Waals surface area (Å²) in [6.45, 7) is 8.60. The Kier molecular flexibility index (Phi) is 10.8. The number of carbonyl (C=O) groups is 1. The fraction of sp³-hybridized carbons (Fsp3) is 0.444. The summed E-state index contributed by atoms with van der Waals surface area (Å²) in [5, 5.41) is 10.7. The number of hydrogen-bond acceptors (Lipinski definition) is 9. The number of pyridine rings is 1. The number of methoxy groups -OCH3 is 2. The van der Waals surface area contributed by atoms with E-state index in [-0.39, 0.29) is 30.4 Å². The lowest BCUT2D eigenvalue weighted by Crippen LogP contribution is -2.42. The Morgan fingerprint density at radius 3 is 2.43 bits per heavy atom. The highest BCUT2D eigenvalue weighted by molar-refractivity contribution is 5.80. The second-order valence-electron chi connectivity index (χ2n) is 13.0. The number of benzene rings is 2. The molecule has 5 rings (SSSR count). The minimum absolute atomic E-state index is 0.115. The van der Waals surface area contributed by atoms with E-state index >= 15 is 0 Å². The van der Waals surface area contributed by atoms with Gasteiger partial charge in [0.2, 0.25) is 0 Å². The van der Waals surface area contributed by atoms with Gasteiger partial charge in [-0.15, -0.1) is 0 Å². The molecule has 1 fully saturated rings. The van der Waals surface area contributed by atoms with Crippen LogP contribution in [0.15, 0.2) is 65.6 Å². The minimum Gasteiger partial charge on any atom is -0.497 e. The van der Waals surface area contributed by atoms with E-state index in [1.165, 1.54) is 10.1 Å². The number of likely N-dealkylation sites (tertiary alicyclic amines) is 1. The Hall–Kier alpha value is -4.48. The van der Waals surface area contributed by atoms with E-state index in [4.69, 9.17) is 19.2 Å². The molecule has 1 saturated heterocycles. The first kappa shape index (κ1) is 33.9. The standard InChI is InChI=1S/C36H45N5O6/c1-36(2,3)47-35(44)40(21-26-14-17-39(18-15-26)20-25-9-7-6-8-10-25)23-30-33-29(13-16-37-30)34(43)41(32(24-42)38-33)22-27-11-12-28(45-4)19-31(27)46-5/h6-13,16,19,26,42H,14-15,17-18,20-24H2,1-5H3. The van der Waals surface area contributed by atoms with Gasteiger partial charge in [-0.25, -0.2) is 9.78 Å². The van der Waals surface area contributed by atoms with Crippen LogP contribution in [0.3, 0.4) is 0 Å². The molecule has 1 aliphatic heterocycles. The van der Waals surface area contributed by atoms with Crippen LogP contribution in [-0.4, -0.2) is 75.0 Å². The number of rotatable bonds is 11. The van der Waals surface area contributed by atoms with E-state index in [1.54, 1.807) is 43.5 Å². The van der Waals surface area contributed by atoms with Crippen molar-refractivity contribution in [3.05, 3.63) is 93.8 Å². The predicted octanol–water partition coefficient (Wildman–Crippen LogP) is 5.00. The summed E-state index contributed by atoms with van der Waals surface area (Å²) in [7, 11) is 3.12. The van der Waals surface area contributed by atoms with Gasteiger partial charge >= 0.3 is 6.09 Å². The van der Waals surface area contributed by atoms with Gasteiger partial charge in [-0.3, -0.25) is 19.2 Å². The molecule has 1 amide bonds. The quantitative estimate of drug-likeness (QED) is 0.241. The number of aromatic nitrogens is 3. The summed E-state index contributed by atoms with van der Waals surface area (Å²) in [6, 6.07) is 17.4. The van der Waals surface area contributed by atoms with Crippen LogP contribution < -0.4 is 15.0 Å². The van der Waals surface area contributed by atoms with Gasteiger partial charge in [-0.1, -0.05) is 30.3 Å². The van der Waals surface area contributed by atoms with Gasteiger partial charge < -0.3 is 24.2 Å². The third-order valence-corrected chi connectivity index (χ3v) is 8.42. The van der Waals surface area contributed by atoms with Gasteiger partial charge in [-0.05, 0) is 76.4 Å². The molecule has 1 aliphatic rings. The van der Waals surface area contributed by atoms with Crippen molar-refractivity contribution in [1.29, 1.82) is 0 Å². The molecular weight excluding hydrogens is 598 g/mol. The molecular formula is C36H45N5O6. The van der Waals surface area contributed by atoms with Crippen LogP contribution in [0.25, 0.3) is 10.9 Å². The molecule has 0 bridgehead atoms. The number of amides is 1. The highest BCUT2D eigenvalue weighted by atomic mass is 16.6. The van der Waals surface area contributed by atoms with Crippen molar-refractivity contribution in [1.82, 2.24) is 24.3 Å². The van der Waals surface area contributed by atoms with Gasteiger partial charge in [0.15, 0.2) is 0 Å². The van der Waals surface area contributed by atoms with E-state index in [9.17, 15) is 14.7 Å². The second kappa shape index (κ2) is 15.0. The average molecular weight is 644 g/mol. The molecule has 1 N–H and O–H groups in total. The zero-order valence-corrected chi connectivity index (χ0v) is 27.9. The zero-order valence-electron chi connectivity index (χ0n) is 27.9. The number of piperidine rings is 1. The topological polar surface area (TPSA) is 119 Å². The number of carbonyl (C=O) groups excluding carboxylic acids is 1. The van der Waals surface area contributed by atoms with Crippen LogP contribution in [0.5, 0.6) is 11.5 Å². The minimum atomic E-state index is -0.681. The highest BCUT2D eigenvalue weighted by Gasteiger charge is 2.28. The zero-order chi connectivity index (χ0) is 33.6. The Bertz CT molecular complexity index is 1730. The number of fused-ring (bicyclic) bond motifs is 1. The molecule has 2 aromatic heterocycles. The lowest BCUT2D eigenvalue weighted by atomic mass is 9.95. The number of hydrogen-bond donors (Lipinski definition) is 1. The van der Waals surface area contributed by atoms with Crippen LogP contribution in [0.1, 0.15) is 56.3 Å². The summed E-state index contributed by atoms with van der Waals surface area (Å²) >= 11 is 0. The summed E-state index contributed by atoms with van der Waals surface area (Å²) in [6.07, 6.45) is 3.01. The monoisotopic (exact) mass is 643 g/mol. The summed E-state index contributed by atoms with van der Waals surface area (Å²) in [5.74, 6) is 1.64. The molecule has 0 unspecified atom stereocenters. The van der Waals surface area contributed by atoms with E-state index < -0.39 is 18.3 Å². The molecule has 0 spiro atoms. The van der Waals surface area contributed by atoms with Crippen LogP contribution in [0.4, 0.5) is 4.79 Å². The van der Waals surface area contributed by atoms with E-state index in [0.29, 0.717) is 34.6 Å². The smallest absolute Gasteiger partial charge is 0.410 e. The first-order chi connectivity index (χ1) is 22.6. The van der Waals surface area contributed by atoms with Crippen LogP contribution in [-0.2, 0) is 31.0 Å². The molecule has 250 valence electrons. The maximum atomic E-state index is 13.9. The largest absolute Gasteiger partial charge is 0.497 e. The maximum Gasteiger partial charge on any atom is 0.410 e. The van der Waals surface area contributed by atoms with Crippen molar-refractivity contribution in [3.63, 3.8) is 0 Å². The van der Waals surface area contributed by atoms with Gasteiger partial charge in [0, 0.05) is 30.9 Å². The fourth-order valence-electron chi connectivity index (χ4n) is 5.99. The van der Waals surface area contributed by atoms with E-state index in [1.807, 2.05) is 32.9 Å². The molecule has 0 aliphatic carbocycles. The summed E-state index contributed by atoms with van der Waals surface area (Å²) < 4.78 is 18.1. The third kappa shape index (κ3) is 8.47. The van der Waals surface area contributed by atoms with Gasteiger partial charge in [0.25, 0.3) is 5.56 Å². The maximum absolute atomic E-state index is 13.9. The van der Waals surface area contributed by atoms with Crippen LogP contribution >= 0.6 is 0 Å². The van der Waals surface area contributed by atoms with E-state index in [0.717, 1.165) is 38.0 Å². The molecule has 11 nitrogen and oxygen atoms in total. The first-order valence-corrected chi connectivity index (χ1v) is 16.0. The Morgan fingerprint density at radius 2 is 1.77 bits per heavy atom. The Balaban J connectivity index is 1.40. The fourth-order valence-corrected chi connectivity index (χ4v) is 5.99. The van der Waals surface area contributed by atoms with Gasteiger partial charge in [0.05, 0.1) is 38.4 Å². The van der Waals surface area contributed by atoms with Crippen LogP contribution in [0, 0.1) is 5.92 Å². The lowest BCUT2D eigenvalue weighted by Gasteiger charge is -2.35. The Labute approximate surface area is 275 Å². The molecule has 0 radical (unpaired) electrons. The van der Waals surface area contributed by atoms with Crippen LogP contribution in [0.2, 0.25) is 0 Å². The lowest BCUT2D eigenvalue weighted by molar-refractivity contribution is 0.0172. The highest BCUT2D eigenvalue weighted by Crippen LogP contribution is 2.27. The Morgan fingerprint density at radius 1 is 1.02 bits per heavy atom. The van der Waals surface area contributed by atoms with Crippen molar-refractivity contribution in [2.75, 3.05) is 33.9 Å². The van der Waals surface area contributed by atoms with Gasteiger partial charge in [0.1, 0.15) is 35.0 Å². The molecule has 47 heavy (non-hydrogen) atoms.